The number of likely N-dealkylation sites (tertiary alicyclic amines) is 1. The Balaban J connectivity index is 1.36. The number of ether oxygens (including phenoxy) is 1. The average molecular weight is 472 g/mol. The minimum absolute atomic E-state index is 0.00756. The van der Waals surface area contributed by atoms with Crippen molar-refractivity contribution < 1.29 is 14.3 Å². The molecule has 0 unspecified atom stereocenters. The van der Waals surface area contributed by atoms with Crippen molar-refractivity contribution >= 4 is 28.8 Å². The number of amides is 2. The third-order valence-electron chi connectivity index (χ3n) is 6.51. The molecule has 3 heterocycles. The summed E-state index contributed by atoms with van der Waals surface area (Å²) in [5.74, 6) is 0.489. The first-order valence-corrected chi connectivity index (χ1v) is 12.4. The second-order valence-corrected chi connectivity index (χ2v) is 9.97. The zero-order valence-electron chi connectivity index (χ0n) is 19.7. The van der Waals surface area contributed by atoms with Gasteiger partial charge in [0.05, 0.1) is 23.5 Å². The van der Waals surface area contributed by atoms with Gasteiger partial charge in [0.25, 0.3) is 5.91 Å². The van der Waals surface area contributed by atoms with Crippen LogP contribution in [-0.4, -0.2) is 84.9 Å². The van der Waals surface area contributed by atoms with Gasteiger partial charge in [0.2, 0.25) is 5.91 Å². The quantitative estimate of drug-likeness (QED) is 0.698. The van der Waals surface area contributed by atoms with Gasteiger partial charge in [-0.2, -0.15) is 0 Å². The molecule has 1 aromatic heterocycles. The van der Waals surface area contributed by atoms with Crippen LogP contribution < -0.4 is 10.1 Å². The number of piperidine rings is 1. The van der Waals surface area contributed by atoms with Crippen molar-refractivity contribution in [1.82, 2.24) is 19.7 Å². The molecule has 2 amide bonds. The highest BCUT2D eigenvalue weighted by molar-refractivity contribution is 7.09. The number of piperazine rings is 1. The van der Waals surface area contributed by atoms with Gasteiger partial charge >= 0.3 is 0 Å². The molecule has 2 aromatic rings. The van der Waals surface area contributed by atoms with Crippen LogP contribution in [0.15, 0.2) is 23.6 Å². The number of nitrogens with zero attached hydrogens (tertiary/aromatic N) is 4. The molecule has 4 rings (SSSR count). The van der Waals surface area contributed by atoms with Crippen LogP contribution in [0.5, 0.6) is 5.75 Å². The summed E-state index contributed by atoms with van der Waals surface area (Å²) >= 11 is 1.67. The number of carbonyl (C=O) groups is 2. The number of thiazole rings is 1. The molecule has 178 valence electrons. The second-order valence-electron chi connectivity index (χ2n) is 8.91. The lowest BCUT2D eigenvalue weighted by molar-refractivity contribution is -0.121. The van der Waals surface area contributed by atoms with Crippen molar-refractivity contribution in [2.45, 2.75) is 26.3 Å². The van der Waals surface area contributed by atoms with Gasteiger partial charge in [0.1, 0.15) is 5.75 Å². The smallest absolute Gasteiger partial charge is 0.254 e. The number of anilines is 1. The van der Waals surface area contributed by atoms with E-state index >= 15 is 0 Å². The SMILES string of the molecule is COc1ccc(C(=O)N2CCN(C)CC2)cc1NC(=O)C1CCN(Cc2csc(C)n2)CC1. The first-order valence-electron chi connectivity index (χ1n) is 11.5. The summed E-state index contributed by atoms with van der Waals surface area (Å²) in [4.78, 5) is 37.0. The Labute approximate surface area is 199 Å². The summed E-state index contributed by atoms with van der Waals surface area (Å²) in [7, 11) is 3.64. The molecule has 2 aliphatic rings. The summed E-state index contributed by atoms with van der Waals surface area (Å²) < 4.78 is 5.45. The van der Waals surface area contributed by atoms with E-state index < -0.39 is 0 Å². The molecular weight excluding hydrogens is 438 g/mol. The zero-order chi connectivity index (χ0) is 23.4. The standard InChI is InChI=1S/C24H33N5O3S/c1-17-25-20(16-33-17)15-28-8-6-18(7-9-28)23(30)26-21-14-19(4-5-22(21)32-3)24(31)29-12-10-27(2)11-13-29/h4-5,14,16,18H,6-13,15H2,1-3H3,(H,26,30). The van der Waals surface area contributed by atoms with Crippen LogP contribution in [0, 0.1) is 12.8 Å². The van der Waals surface area contributed by atoms with Gasteiger partial charge in [-0.15, -0.1) is 11.3 Å². The van der Waals surface area contributed by atoms with E-state index in [1.807, 2.05) is 11.8 Å². The van der Waals surface area contributed by atoms with E-state index in [1.165, 1.54) is 0 Å². The van der Waals surface area contributed by atoms with Gasteiger partial charge in [-0.3, -0.25) is 14.5 Å². The van der Waals surface area contributed by atoms with Gasteiger partial charge in [-0.25, -0.2) is 4.98 Å². The summed E-state index contributed by atoms with van der Waals surface area (Å²) in [6, 6.07) is 5.28. The Morgan fingerprint density at radius 3 is 2.52 bits per heavy atom. The maximum absolute atomic E-state index is 13.0. The van der Waals surface area contributed by atoms with E-state index in [9.17, 15) is 9.59 Å². The highest BCUT2D eigenvalue weighted by Gasteiger charge is 2.27. The molecule has 2 aliphatic heterocycles. The monoisotopic (exact) mass is 471 g/mol. The van der Waals surface area contributed by atoms with Crippen molar-refractivity contribution in [3.05, 3.63) is 39.8 Å². The first kappa shape index (κ1) is 23.7. The highest BCUT2D eigenvalue weighted by atomic mass is 32.1. The predicted octanol–water partition coefficient (Wildman–Crippen LogP) is 2.70. The van der Waals surface area contributed by atoms with Crippen LogP contribution in [0.3, 0.4) is 0 Å². The second kappa shape index (κ2) is 10.6. The van der Waals surface area contributed by atoms with Gasteiger partial charge < -0.3 is 19.9 Å². The van der Waals surface area contributed by atoms with Crippen molar-refractivity contribution in [3.63, 3.8) is 0 Å². The number of aromatic nitrogens is 1. The lowest BCUT2D eigenvalue weighted by Gasteiger charge is -2.32. The number of carbonyl (C=O) groups excluding carboxylic acids is 2. The molecular formula is C24H33N5O3S. The fraction of sp³-hybridized carbons (Fsp3) is 0.542. The van der Waals surface area contributed by atoms with Crippen LogP contribution in [0.4, 0.5) is 5.69 Å². The Morgan fingerprint density at radius 1 is 1.15 bits per heavy atom. The maximum atomic E-state index is 13.0. The molecule has 0 spiro atoms. The number of nitrogens with one attached hydrogen (secondary N) is 1. The summed E-state index contributed by atoms with van der Waals surface area (Å²) in [5.41, 5.74) is 2.24. The van der Waals surface area contributed by atoms with Crippen molar-refractivity contribution in [1.29, 1.82) is 0 Å². The average Bonchev–Trinajstić information content (AvgIpc) is 3.24. The highest BCUT2D eigenvalue weighted by Crippen LogP contribution is 2.28. The number of rotatable bonds is 6. The van der Waals surface area contributed by atoms with E-state index in [1.54, 1.807) is 36.6 Å². The molecule has 33 heavy (non-hydrogen) atoms. The Hall–Kier alpha value is -2.49. The Kier molecular flexibility index (Phi) is 7.62. The van der Waals surface area contributed by atoms with Gasteiger partial charge in [-0.05, 0) is 58.1 Å². The molecule has 8 nitrogen and oxygen atoms in total. The zero-order valence-corrected chi connectivity index (χ0v) is 20.5. The molecule has 0 radical (unpaired) electrons. The molecule has 2 fully saturated rings. The molecule has 0 saturated carbocycles. The van der Waals surface area contributed by atoms with Crippen LogP contribution in [0.2, 0.25) is 0 Å². The molecule has 1 N–H and O–H groups in total. The van der Waals surface area contributed by atoms with Crippen molar-refractivity contribution in [2.24, 2.45) is 5.92 Å². The van der Waals surface area contributed by atoms with Crippen LogP contribution in [0.1, 0.15) is 33.9 Å². The molecule has 0 bridgehead atoms. The van der Waals surface area contributed by atoms with E-state index in [-0.39, 0.29) is 17.7 Å². The molecule has 9 heteroatoms. The minimum Gasteiger partial charge on any atom is -0.495 e. The number of aryl methyl sites for hydroxylation is 1. The number of likely N-dealkylation sites (N-methyl/N-ethyl adjacent to an activating group) is 1. The third-order valence-corrected chi connectivity index (χ3v) is 7.33. The summed E-state index contributed by atoms with van der Waals surface area (Å²) in [5, 5.41) is 6.22. The topological polar surface area (TPSA) is 78.0 Å². The molecule has 0 aliphatic carbocycles. The van der Waals surface area contributed by atoms with Crippen molar-refractivity contribution in [3.8, 4) is 5.75 Å². The van der Waals surface area contributed by atoms with Crippen LogP contribution in [-0.2, 0) is 11.3 Å². The van der Waals surface area contributed by atoms with Gasteiger partial charge in [-0.1, -0.05) is 0 Å². The number of hydrogen-bond donors (Lipinski definition) is 1. The molecule has 2 saturated heterocycles. The summed E-state index contributed by atoms with van der Waals surface area (Å²) in [6.45, 7) is 7.75. The maximum Gasteiger partial charge on any atom is 0.254 e. The Morgan fingerprint density at radius 2 is 1.88 bits per heavy atom. The van der Waals surface area contributed by atoms with E-state index in [2.05, 4.69) is 32.5 Å². The van der Waals surface area contributed by atoms with Gasteiger partial charge in [0, 0.05) is 49.6 Å². The molecule has 1 aromatic carbocycles. The number of benzene rings is 1. The van der Waals surface area contributed by atoms with E-state index in [4.69, 9.17) is 4.74 Å². The minimum atomic E-state index is -0.0554. The predicted molar refractivity (Wildman–Crippen MR) is 130 cm³/mol. The molecule has 0 atom stereocenters. The lowest BCUT2D eigenvalue weighted by atomic mass is 9.95. The number of hydrogen-bond acceptors (Lipinski definition) is 7. The third kappa shape index (κ3) is 5.90. The largest absolute Gasteiger partial charge is 0.495 e. The number of methoxy groups -OCH3 is 1. The summed E-state index contributed by atoms with van der Waals surface area (Å²) in [6.07, 6.45) is 1.61. The normalized spacial score (nSPS) is 18.3. The Bertz CT molecular complexity index is 978. The van der Waals surface area contributed by atoms with E-state index in [0.29, 0.717) is 30.1 Å². The van der Waals surface area contributed by atoms with Crippen LogP contribution >= 0.6 is 11.3 Å². The lowest BCUT2D eigenvalue weighted by Crippen LogP contribution is -2.47. The van der Waals surface area contributed by atoms with Crippen LogP contribution in [0.25, 0.3) is 0 Å². The van der Waals surface area contributed by atoms with Gasteiger partial charge in [0.15, 0.2) is 0 Å². The fourth-order valence-electron chi connectivity index (χ4n) is 4.43. The van der Waals surface area contributed by atoms with Crippen molar-refractivity contribution in [2.75, 3.05) is 58.7 Å². The fourth-order valence-corrected chi connectivity index (χ4v) is 5.03. The van der Waals surface area contributed by atoms with E-state index in [0.717, 1.165) is 56.3 Å². The first-order chi connectivity index (χ1) is 15.9.